The van der Waals surface area contributed by atoms with Crippen LogP contribution in [0.5, 0.6) is 0 Å². The third-order valence-corrected chi connectivity index (χ3v) is 1.85. The highest BCUT2D eigenvalue weighted by Crippen LogP contribution is 2.31. The Kier molecular flexibility index (Phi) is 2.26. The summed E-state index contributed by atoms with van der Waals surface area (Å²) in [6.07, 6.45) is 0.159. The van der Waals surface area contributed by atoms with Crippen molar-refractivity contribution in [1.29, 1.82) is 0 Å². The van der Waals surface area contributed by atoms with E-state index in [2.05, 4.69) is 0 Å². The Morgan fingerprint density at radius 2 is 2.33 bits per heavy atom. The zero-order valence-corrected chi connectivity index (χ0v) is 6.90. The van der Waals surface area contributed by atoms with Crippen molar-refractivity contribution in [2.75, 3.05) is 13.3 Å². The molecule has 1 aliphatic rings. The molecule has 0 aromatic rings. The van der Waals surface area contributed by atoms with E-state index in [1.54, 1.807) is 0 Å². The highest BCUT2D eigenvalue weighted by atomic mass is 127. The lowest BCUT2D eigenvalue weighted by atomic mass is 10.2. The van der Waals surface area contributed by atoms with Gasteiger partial charge in [-0.25, -0.2) is 8.78 Å². The number of hydrogen-bond donors (Lipinski definition) is 0. The van der Waals surface area contributed by atoms with E-state index in [-0.39, 0.29) is 12.5 Å². The van der Waals surface area contributed by atoms with Gasteiger partial charge in [0.1, 0.15) is 6.67 Å². The summed E-state index contributed by atoms with van der Waals surface area (Å²) in [5.41, 5.74) is 0. The van der Waals surface area contributed by atoms with E-state index >= 15 is 0 Å². The molecule has 0 bridgehead atoms. The van der Waals surface area contributed by atoms with Gasteiger partial charge in [0.05, 0.1) is 12.7 Å². The van der Waals surface area contributed by atoms with Gasteiger partial charge in [0.2, 0.25) is 0 Å². The minimum Gasteiger partial charge on any atom is -0.373 e. The van der Waals surface area contributed by atoms with E-state index in [1.807, 2.05) is 0 Å². The molecule has 2 atom stereocenters. The quantitative estimate of drug-likeness (QED) is 0.421. The maximum absolute atomic E-state index is 12.6. The van der Waals surface area contributed by atoms with Gasteiger partial charge < -0.3 is 4.74 Å². The SMILES string of the molecule is FC[C@](F)(I)CC1CO1. The summed E-state index contributed by atoms with van der Waals surface area (Å²) >= 11 is 1.47. The first-order valence-electron chi connectivity index (χ1n) is 2.69. The summed E-state index contributed by atoms with van der Waals surface area (Å²) in [6.45, 7) is -0.331. The summed E-state index contributed by atoms with van der Waals surface area (Å²) in [4.78, 5) is 0. The standard InChI is InChI=1S/C5H7F2IO/c6-3-5(7,8)1-4-2-9-4/h4H,1-3H2/t4?,5-/m1/s1. The molecule has 1 saturated heterocycles. The van der Waals surface area contributed by atoms with Gasteiger partial charge in [0.15, 0.2) is 3.68 Å². The van der Waals surface area contributed by atoms with Crippen LogP contribution in [0.3, 0.4) is 0 Å². The lowest BCUT2D eigenvalue weighted by Crippen LogP contribution is -2.18. The Hall–Kier alpha value is 0.550. The molecular formula is C5H7F2IO. The molecule has 0 aliphatic carbocycles. The first kappa shape index (κ1) is 7.65. The summed E-state index contributed by atoms with van der Waals surface area (Å²) < 4.78 is 27.4. The van der Waals surface area contributed by atoms with E-state index in [0.717, 1.165) is 0 Å². The predicted octanol–water partition coefficient (Wildman–Crippen LogP) is 1.85. The normalized spacial score (nSPS) is 31.7. The van der Waals surface area contributed by atoms with Gasteiger partial charge in [0.25, 0.3) is 0 Å². The lowest BCUT2D eigenvalue weighted by Gasteiger charge is -2.10. The van der Waals surface area contributed by atoms with Crippen molar-refractivity contribution in [3.63, 3.8) is 0 Å². The molecule has 0 N–H and O–H groups in total. The van der Waals surface area contributed by atoms with Crippen molar-refractivity contribution < 1.29 is 13.5 Å². The topological polar surface area (TPSA) is 12.5 Å². The van der Waals surface area contributed by atoms with Crippen LogP contribution < -0.4 is 0 Å². The summed E-state index contributed by atoms with van der Waals surface area (Å²) in [6, 6.07) is 0. The largest absolute Gasteiger partial charge is 0.373 e. The van der Waals surface area contributed by atoms with Crippen molar-refractivity contribution >= 4 is 22.6 Å². The third kappa shape index (κ3) is 2.75. The van der Waals surface area contributed by atoms with Crippen molar-refractivity contribution in [3.8, 4) is 0 Å². The van der Waals surface area contributed by atoms with E-state index in [1.165, 1.54) is 22.6 Å². The molecule has 1 nitrogen and oxygen atoms in total. The van der Waals surface area contributed by atoms with Crippen LogP contribution in [-0.4, -0.2) is 23.1 Å². The smallest absolute Gasteiger partial charge is 0.191 e. The molecule has 0 radical (unpaired) electrons. The van der Waals surface area contributed by atoms with Gasteiger partial charge in [-0.05, 0) is 22.6 Å². The Morgan fingerprint density at radius 1 is 1.78 bits per heavy atom. The second-order valence-electron chi connectivity index (χ2n) is 2.15. The van der Waals surface area contributed by atoms with Crippen molar-refractivity contribution in [2.45, 2.75) is 16.2 Å². The Labute approximate surface area is 65.9 Å². The van der Waals surface area contributed by atoms with E-state index in [9.17, 15) is 8.78 Å². The molecule has 54 valence electrons. The number of halogens is 3. The number of alkyl halides is 3. The summed E-state index contributed by atoms with van der Waals surface area (Å²) in [7, 11) is 0. The van der Waals surface area contributed by atoms with Gasteiger partial charge >= 0.3 is 0 Å². The molecule has 0 amide bonds. The molecule has 1 rings (SSSR count). The van der Waals surface area contributed by atoms with Crippen LogP contribution >= 0.6 is 22.6 Å². The Balaban J connectivity index is 2.21. The zero-order chi connectivity index (χ0) is 6.91. The van der Waals surface area contributed by atoms with Crippen LogP contribution in [0.2, 0.25) is 0 Å². The molecule has 1 unspecified atom stereocenters. The second kappa shape index (κ2) is 2.65. The van der Waals surface area contributed by atoms with Crippen LogP contribution in [0, 0.1) is 0 Å². The molecule has 0 aromatic carbocycles. The van der Waals surface area contributed by atoms with E-state index < -0.39 is 10.4 Å². The fourth-order valence-corrected chi connectivity index (χ4v) is 1.06. The van der Waals surface area contributed by atoms with Gasteiger partial charge in [0, 0.05) is 6.42 Å². The minimum absolute atomic E-state index is 0.0253. The number of rotatable bonds is 3. The Morgan fingerprint density at radius 3 is 2.67 bits per heavy atom. The lowest BCUT2D eigenvalue weighted by molar-refractivity contribution is 0.210. The average Bonchev–Trinajstić information content (AvgIpc) is 2.50. The molecule has 0 spiro atoms. The maximum Gasteiger partial charge on any atom is 0.191 e. The molecule has 1 fully saturated rings. The fourth-order valence-electron chi connectivity index (χ4n) is 0.574. The molecule has 1 aliphatic heterocycles. The van der Waals surface area contributed by atoms with E-state index in [4.69, 9.17) is 4.74 Å². The summed E-state index contributed by atoms with van der Waals surface area (Å²) in [5.74, 6) is 0. The predicted molar refractivity (Wildman–Crippen MR) is 38.2 cm³/mol. The zero-order valence-electron chi connectivity index (χ0n) is 4.74. The maximum atomic E-state index is 12.6. The highest BCUT2D eigenvalue weighted by Gasteiger charge is 2.35. The molecule has 1 heterocycles. The number of epoxide rings is 1. The molecule has 9 heavy (non-hydrogen) atoms. The van der Waals surface area contributed by atoms with E-state index in [0.29, 0.717) is 6.61 Å². The van der Waals surface area contributed by atoms with Gasteiger partial charge in [-0.2, -0.15) is 0 Å². The van der Waals surface area contributed by atoms with Crippen LogP contribution in [-0.2, 0) is 4.74 Å². The second-order valence-corrected chi connectivity index (χ2v) is 4.08. The summed E-state index contributed by atoms with van der Waals surface area (Å²) in [5, 5.41) is 0. The third-order valence-electron chi connectivity index (χ3n) is 1.12. The van der Waals surface area contributed by atoms with Crippen LogP contribution in [0.1, 0.15) is 6.42 Å². The molecule has 4 heteroatoms. The van der Waals surface area contributed by atoms with Crippen LogP contribution in [0.25, 0.3) is 0 Å². The van der Waals surface area contributed by atoms with Gasteiger partial charge in [-0.3, -0.25) is 0 Å². The highest BCUT2D eigenvalue weighted by molar-refractivity contribution is 14.1. The first-order valence-corrected chi connectivity index (χ1v) is 3.77. The fraction of sp³-hybridized carbons (Fsp3) is 1.00. The minimum atomic E-state index is -1.70. The van der Waals surface area contributed by atoms with Gasteiger partial charge in [-0.1, -0.05) is 0 Å². The van der Waals surface area contributed by atoms with Crippen LogP contribution in [0.4, 0.5) is 8.78 Å². The molecule has 0 saturated carbocycles. The monoisotopic (exact) mass is 248 g/mol. The first-order chi connectivity index (χ1) is 4.14. The van der Waals surface area contributed by atoms with Crippen molar-refractivity contribution in [1.82, 2.24) is 0 Å². The average molecular weight is 248 g/mol. The molecular weight excluding hydrogens is 241 g/mol. The Bertz CT molecular complexity index is 103. The molecule has 0 aromatic heterocycles. The number of hydrogen-bond acceptors (Lipinski definition) is 1. The van der Waals surface area contributed by atoms with Crippen LogP contribution in [0.15, 0.2) is 0 Å². The van der Waals surface area contributed by atoms with Gasteiger partial charge in [-0.15, -0.1) is 0 Å². The van der Waals surface area contributed by atoms with Crippen molar-refractivity contribution in [2.24, 2.45) is 0 Å². The van der Waals surface area contributed by atoms with Crippen molar-refractivity contribution in [3.05, 3.63) is 0 Å². The number of ether oxygens (including phenoxy) is 1.